The molecule has 1 aromatic carbocycles. The second-order valence-corrected chi connectivity index (χ2v) is 7.98. The highest BCUT2D eigenvalue weighted by molar-refractivity contribution is 5.88. The number of hydrazine groups is 1. The maximum absolute atomic E-state index is 13.2. The number of allylic oxidation sites excluding steroid dienone is 1. The first kappa shape index (κ1) is 22.5. The highest BCUT2D eigenvalue weighted by atomic mass is 19.1. The Morgan fingerprint density at radius 1 is 1.23 bits per heavy atom. The number of hydrogen-bond donors (Lipinski definition) is 1. The third kappa shape index (κ3) is 5.48. The van der Waals surface area contributed by atoms with E-state index in [2.05, 4.69) is 52.6 Å². The van der Waals surface area contributed by atoms with Gasteiger partial charge in [0.1, 0.15) is 17.8 Å². The van der Waals surface area contributed by atoms with E-state index in [0.717, 1.165) is 22.7 Å². The van der Waals surface area contributed by atoms with Crippen LogP contribution in [-0.2, 0) is 6.42 Å². The van der Waals surface area contributed by atoms with Crippen LogP contribution in [0.1, 0.15) is 44.7 Å². The minimum Gasteiger partial charge on any atom is -0.325 e. The van der Waals surface area contributed by atoms with Crippen molar-refractivity contribution in [2.45, 2.75) is 46.2 Å². The maximum atomic E-state index is 13.2. The summed E-state index contributed by atoms with van der Waals surface area (Å²) in [4.78, 5) is 15.2. The standard InChI is InChI=1S/C24H31FN6/c1-7-26-24-18(4)19(5)30(15-27-24)14-23-28-20(6)31(29-23)13-16(2)22-10-8-21(9-11-22)12-17(3)25/h7-11,15-17H,5-6,12-14H2,1-4H3,(H,28,29). The van der Waals surface area contributed by atoms with Gasteiger partial charge in [0.05, 0.1) is 12.9 Å². The average molecular weight is 423 g/mol. The van der Waals surface area contributed by atoms with E-state index in [1.807, 2.05) is 35.9 Å². The predicted molar refractivity (Wildman–Crippen MR) is 127 cm³/mol. The molecule has 1 N–H and O–H groups in total. The summed E-state index contributed by atoms with van der Waals surface area (Å²) >= 11 is 0. The molecule has 0 saturated heterocycles. The molecule has 3 rings (SSSR count). The van der Waals surface area contributed by atoms with Crippen LogP contribution in [0.3, 0.4) is 0 Å². The van der Waals surface area contributed by atoms with E-state index in [4.69, 9.17) is 0 Å². The Morgan fingerprint density at radius 2 is 1.94 bits per heavy atom. The molecule has 31 heavy (non-hydrogen) atoms. The molecule has 0 radical (unpaired) electrons. The van der Waals surface area contributed by atoms with Gasteiger partial charge in [0.15, 0.2) is 5.82 Å². The number of amidine groups is 1. The lowest BCUT2D eigenvalue weighted by Gasteiger charge is -2.27. The fourth-order valence-corrected chi connectivity index (χ4v) is 3.55. The van der Waals surface area contributed by atoms with E-state index in [0.29, 0.717) is 31.2 Å². The SMILES string of the molecule is C=C1C(C)=C(N=CC)N=CN1CC1=NC(=C)N(CC(C)c2ccc(CC(C)F)cc2)N1. The van der Waals surface area contributed by atoms with Gasteiger partial charge in [-0.1, -0.05) is 44.3 Å². The Kier molecular flexibility index (Phi) is 7.05. The molecular weight excluding hydrogens is 391 g/mol. The first-order valence-corrected chi connectivity index (χ1v) is 10.5. The van der Waals surface area contributed by atoms with Crippen molar-refractivity contribution in [3.63, 3.8) is 0 Å². The largest absolute Gasteiger partial charge is 0.325 e. The average Bonchev–Trinajstić information content (AvgIpc) is 3.06. The molecule has 7 heteroatoms. The molecule has 1 aromatic rings. The molecule has 0 bridgehead atoms. The lowest BCUT2D eigenvalue weighted by Crippen LogP contribution is -2.42. The second-order valence-electron chi connectivity index (χ2n) is 7.98. The van der Waals surface area contributed by atoms with Gasteiger partial charge in [-0.15, -0.1) is 0 Å². The van der Waals surface area contributed by atoms with Crippen molar-refractivity contribution in [2.24, 2.45) is 15.0 Å². The number of nitrogens with one attached hydrogen (secondary N) is 1. The Bertz CT molecular complexity index is 955. The lowest BCUT2D eigenvalue weighted by atomic mass is 9.98. The fourth-order valence-electron chi connectivity index (χ4n) is 3.55. The van der Waals surface area contributed by atoms with E-state index in [-0.39, 0.29) is 5.92 Å². The molecule has 2 aliphatic heterocycles. The van der Waals surface area contributed by atoms with Gasteiger partial charge in [0, 0.05) is 36.4 Å². The van der Waals surface area contributed by atoms with Gasteiger partial charge in [-0.05, 0) is 31.9 Å². The summed E-state index contributed by atoms with van der Waals surface area (Å²) in [5.41, 5.74) is 7.34. The molecule has 2 unspecified atom stereocenters. The van der Waals surface area contributed by atoms with Crippen LogP contribution < -0.4 is 5.43 Å². The highest BCUT2D eigenvalue weighted by Gasteiger charge is 2.24. The Labute approximate surface area is 184 Å². The van der Waals surface area contributed by atoms with Crippen LogP contribution in [0.25, 0.3) is 0 Å². The zero-order valence-corrected chi connectivity index (χ0v) is 18.8. The normalized spacial score (nSPS) is 18.7. The zero-order valence-electron chi connectivity index (χ0n) is 18.8. The van der Waals surface area contributed by atoms with Crippen LogP contribution in [0.5, 0.6) is 0 Å². The van der Waals surface area contributed by atoms with Crippen LogP contribution >= 0.6 is 0 Å². The maximum Gasteiger partial charge on any atom is 0.158 e. The van der Waals surface area contributed by atoms with Crippen LogP contribution in [0, 0.1) is 0 Å². The van der Waals surface area contributed by atoms with Gasteiger partial charge in [-0.2, -0.15) is 0 Å². The first-order chi connectivity index (χ1) is 14.8. The molecule has 0 spiro atoms. The van der Waals surface area contributed by atoms with Gasteiger partial charge in [-0.25, -0.2) is 19.4 Å². The van der Waals surface area contributed by atoms with Gasteiger partial charge in [0.2, 0.25) is 0 Å². The molecule has 6 nitrogen and oxygen atoms in total. The summed E-state index contributed by atoms with van der Waals surface area (Å²) in [7, 11) is 0. The minimum atomic E-state index is -0.831. The summed E-state index contributed by atoms with van der Waals surface area (Å²) in [6, 6.07) is 8.15. The monoisotopic (exact) mass is 422 g/mol. The van der Waals surface area contributed by atoms with Gasteiger partial charge in [0.25, 0.3) is 0 Å². The summed E-state index contributed by atoms with van der Waals surface area (Å²) in [5.74, 6) is 2.39. The summed E-state index contributed by atoms with van der Waals surface area (Å²) in [6.45, 7) is 17.0. The predicted octanol–water partition coefficient (Wildman–Crippen LogP) is 4.56. The second kappa shape index (κ2) is 9.73. The number of halogens is 1. The van der Waals surface area contributed by atoms with E-state index < -0.39 is 6.17 Å². The van der Waals surface area contributed by atoms with Gasteiger partial charge in [-0.3, -0.25) is 10.4 Å². The third-order valence-electron chi connectivity index (χ3n) is 5.37. The molecule has 2 aliphatic rings. The minimum absolute atomic E-state index is 0.252. The zero-order chi connectivity index (χ0) is 22.5. The van der Waals surface area contributed by atoms with E-state index >= 15 is 0 Å². The van der Waals surface area contributed by atoms with Gasteiger partial charge < -0.3 is 4.90 Å². The highest BCUT2D eigenvalue weighted by Crippen LogP contribution is 2.24. The topological polar surface area (TPSA) is 55.6 Å². The smallest absolute Gasteiger partial charge is 0.158 e. The Balaban J connectivity index is 1.57. The Morgan fingerprint density at radius 3 is 2.58 bits per heavy atom. The first-order valence-electron chi connectivity index (χ1n) is 10.5. The van der Waals surface area contributed by atoms with E-state index in [1.165, 1.54) is 5.56 Å². The van der Waals surface area contributed by atoms with Crippen molar-refractivity contribution in [3.05, 3.63) is 71.5 Å². The molecule has 2 atom stereocenters. The lowest BCUT2D eigenvalue weighted by molar-refractivity contribution is 0.302. The Hall–Kier alpha value is -3.22. The van der Waals surface area contributed by atoms with Crippen molar-refractivity contribution in [2.75, 3.05) is 13.1 Å². The summed E-state index contributed by atoms with van der Waals surface area (Å²) in [5, 5.41) is 1.96. The number of alkyl halides is 1. The van der Waals surface area contributed by atoms with Crippen molar-refractivity contribution in [1.82, 2.24) is 15.3 Å². The quantitative estimate of drug-likeness (QED) is 0.625. The van der Waals surface area contributed by atoms with Crippen molar-refractivity contribution < 1.29 is 4.39 Å². The number of hydrogen-bond acceptors (Lipinski definition) is 6. The van der Waals surface area contributed by atoms with E-state index in [9.17, 15) is 4.39 Å². The molecule has 0 fully saturated rings. The third-order valence-corrected chi connectivity index (χ3v) is 5.37. The van der Waals surface area contributed by atoms with Crippen molar-refractivity contribution in [1.29, 1.82) is 0 Å². The molecule has 0 aliphatic carbocycles. The number of rotatable bonds is 8. The van der Waals surface area contributed by atoms with Crippen molar-refractivity contribution >= 4 is 18.4 Å². The van der Waals surface area contributed by atoms with Gasteiger partial charge >= 0.3 is 0 Å². The number of nitrogens with zero attached hydrogens (tertiary/aromatic N) is 5. The van der Waals surface area contributed by atoms with Crippen LogP contribution in [0.15, 0.2) is 75.3 Å². The summed E-state index contributed by atoms with van der Waals surface area (Å²) in [6.07, 6.45) is 3.07. The molecule has 2 heterocycles. The molecule has 0 aromatic heterocycles. The molecule has 0 amide bonds. The summed E-state index contributed by atoms with van der Waals surface area (Å²) < 4.78 is 13.2. The molecule has 0 saturated carbocycles. The molecular formula is C24H31FN6. The van der Waals surface area contributed by atoms with E-state index in [1.54, 1.807) is 19.5 Å². The number of aliphatic imine (C=N–C) groups is 3. The fraction of sp³-hybridized carbons (Fsp3) is 0.375. The van der Waals surface area contributed by atoms with Crippen LogP contribution in [0.4, 0.5) is 4.39 Å². The van der Waals surface area contributed by atoms with Crippen molar-refractivity contribution in [3.8, 4) is 0 Å². The van der Waals surface area contributed by atoms with Crippen LogP contribution in [-0.4, -0.2) is 47.6 Å². The molecule has 164 valence electrons. The van der Waals surface area contributed by atoms with Crippen LogP contribution in [0.2, 0.25) is 0 Å². The number of benzene rings is 1.